The highest BCUT2D eigenvalue weighted by atomic mass is 32.2. The fourth-order valence-corrected chi connectivity index (χ4v) is 2.57. The summed E-state index contributed by atoms with van der Waals surface area (Å²) in [5.74, 6) is -0.918. The highest BCUT2D eigenvalue weighted by Crippen LogP contribution is 2.35. The largest absolute Gasteiger partial charge is 0.545 e. The van der Waals surface area contributed by atoms with Crippen molar-refractivity contribution in [3.05, 3.63) is 36.4 Å². The summed E-state index contributed by atoms with van der Waals surface area (Å²) in [4.78, 5) is 24.9. The Labute approximate surface area is 103 Å². The van der Waals surface area contributed by atoms with Crippen LogP contribution < -0.4 is 10.0 Å². The van der Waals surface area contributed by atoms with E-state index in [0.29, 0.717) is 18.0 Å². The fourth-order valence-electron chi connectivity index (χ4n) is 1.66. The smallest absolute Gasteiger partial charge is 0.237 e. The lowest BCUT2D eigenvalue weighted by Gasteiger charge is -2.28. The lowest BCUT2D eigenvalue weighted by Crippen LogP contribution is -2.35. The summed E-state index contributed by atoms with van der Waals surface area (Å²) in [6.07, 6.45) is 1.61. The van der Waals surface area contributed by atoms with E-state index in [9.17, 15) is 14.7 Å². The first-order valence-electron chi connectivity index (χ1n) is 5.03. The van der Waals surface area contributed by atoms with Crippen LogP contribution in [0.2, 0.25) is 0 Å². The normalized spacial score (nSPS) is 14.4. The van der Waals surface area contributed by atoms with E-state index in [1.165, 1.54) is 28.8 Å². The van der Waals surface area contributed by atoms with Crippen LogP contribution in [0.3, 0.4) is 0 Å². The lowest BCUT2D eigenvalue weighted by molar-refractivity contribution is -0.255. The lowest BCUT2D eigenvalue weighted by atomic mass is 10.2. The van der Waals surface area contributed by atoms with E-state index in [4.69, 9.17) is 0 Å². The third kappa shape index (κ3) is 2.19. The highest BCUT2D eigenvalue weighted by molar-refractivity contribution is 8.00. The number of fused-ring (bicyclic) bond motifs is 1. The number of carboxylic acid groups (broad SMARTS) is 1. The molecule has 0 aromatic heterocycles. The SMILES string of the molecule is C=CCN1C(=O)CSc2ccc(C(=O)[O-])cc21. The summed E-state index contributed by atoms with van der Waals surface area (Å²) in [6.45, 7) is 3.97. The molecule has 4 nitrogen and oxygen atoms in total. The van der Waals surface area contributed by atoms with Gasteiger partial charge in [0.25, 0.3) is 0 Å². The average Bonchev–Trinajstić information content (AvgIpc) is 2.32. The molecule has 5 heteroatoms. The molecule has 0 atom stereocenters. The van der Waals surface area contributed by atoms with Crippen LogP contribution in [0.1, 0.15) is 10.4 Å². The van der Waals surface area contributed by atoms with Crippen molar-refractivity contribution in [3.63, 3.8) is 0 Å². The second-order valence-corrected chi connectivity index (χ2v) is 4.57. The van der Waals surface area contributed by atoms with Crippen LogP contribution in [0.4, 0.5) is 5.69 Å². The Kier molecular flexibility index (Phi) is 3.19. The molecule has 0 unspecified atom stereocenters. The van der Waals surface area contributed by atoms with Gasteiger partial charge >= 0.3 is 0 Å². The third-order valence-corrected chi connectivity index (χ3v) is 3.50. The molecule has 1 aromatic rings. The minimum absolute atomic E-state index is 0.0436. The Morgan fingerprint density at radius 1 is 1.59 bits per heavy atom. The number of anilines is 1. The Hall–Kier alpha value is -1.75. The first kappa shape index (κ1) is 11.7. The van der Waals surface area contributed by atoms with Gasteiger partial charge in [-0.1, -0.05) is 12.1 Å². The molecule has 1 aliphatic heterocycles. The number of carbonyl (C=O) groups is 2. The molecule has 1 amide bonds. The first-order valence-corrected chi connectivity index (χ1v) is 6.01. The van der Waals surface area contributed by atoms with Gasteiger partial charge < -0.3 is 14.8 Å². The van der Waals surface area contributed by atoms with Gasteiger partial charge in [0.05, 0.1) is 17.4 Å². The molecule has 0 saturated heterocycles. The van der Waals surface area contributed by atoms with E-state index in [2.05, 4.69) is 6.58 Å². The van der Waals surface area contributed by atoms with Crippen molar-refractivity contribution in [2.24, 2.45) is 0 Å². The highest BCUT2D eigenvalue weighted by Gasteiger charge is 2.23. The molecule has 1 aliphatic rings. The van der Waals surface area contributed by atoms with E-state index in [1.54, 1.807) is 12.1 Å². The van der Waals surface area contributed by atoms with Gasteiger partial charge in [-0.25, -0.2) is 0 Å². The molecule has 1 heterocycles. The Morgan fingerprint density at radius 3 is 3.00 bits per heavy atom. The number of nitrogens with zero attached hydrogens (tertiary/aromatic N) is 1. The maximum Gasteiger partial charge on any atom is 0.237 e. The van der Waals surface area contributed by atoms with Crippen LogP contribution in [0.15, 0.2) is 35.7 Å². The zero-order chi connectivity index (χ0) is 12.4. The Balaban J connectivity index is 2.48. The predicted molar refractivity (Wildman–Crippen MR) is 64.0 cm³/mol. The van der Waals surface area contributed by atoms with Gasteiger partial charge in [-0.15, -0.1) is 18.3 Å². The van der Waals surface area contributed by atoms with Gasteiger partial charge in [0.1, 0.15) is 0 Å². The summed E-state index contributed by atoms with van der Waals surface area (Å²) in [7, 11) is 0. The van der Waals surface area contributed by atoms with Crippen molar-refractivity contribution >= 4 is 29.3 Å². The summed E-state index contributed by atoms with van der Waals surface area (Å²) in [5, 5.41) is 10.8. The van der Waals surface area contributed by atoms with E-state index in [0.717, 1.165) is 4.90 Å². The molecule has 2 rings (SSSR count). The predicted octanol–water partition coefficient (Wildman–Crippen LogP) is 0.675. The standard InChI is InChI=1S/C12H11NO3S/c1-2-5-13-9-6-8(12(15)16)3-4-10(9)17-7-11(13)14/h2-4,6H,1,5,7H2,(H,15,16)/p-1. The van der Waals surface area contributed by atoms with Gasteiger partial charge in [-0.05, 0) is 17.7 Å². The Morgan fingerprint density at radius 2 is 2.35 bits per heavy atom. The molecule has 0 N–H and O–H groups in total. The van der Waals surface area contributed by atoms with E-state index >= 15 is 0 Å². The molecule has 0 spiro atoms. The second-order valence-electron chi connectivity index (χ2n) is 3.55. The number of carbonyl (C=O) groups excluding carboxylic acids is 2. The van der Waals surface area contributed by atoms with Gasteiger partial charge in [0.15, 0.2) is 0 Å². The zero-order valence-electron chi connectivity index (χ0n) is 9.01. The quantitative estimate of drug-likeness (QED) is 0.738. The van der Waals surface area contributed by atoms with Crippen LogP contribution in [-0.2, 0) is 4.79 Å². The van der Waals surface area contributed by atoms with Crippen molar-refractivity contribution in [1.82, 2.24) is 0 Å². The van der Waals surface area contributed by atoms with Crippen molar-refractivity contribution < 1.29 is 14.7 Å². The minimum Gasteiger partial charge on any atom is -0.545 e. The molecular formula is C12H10NO3S-. The molecule has 0 aliphatic carbocycles. The monoisotopic (exact) mass is 248 g/mol. The number of hydrogen-bond donors (Lipinski definition) is 0. The minimum atomic E-state index is -1.24. The molecule has 0 bridgehead atoms. The number of aromatic carboxylic acids is 1. The first-order chi connectivity index (χ1) is 8.13. The van der Waals surface area contributed by atoms with E-state index in [1.807, 2.05) is 0 Å². The van der Waals surface area contributed by atoms with Gasteiger partial charge in [-0.2, -0.15) is 0 Å². The summed E-state index contributed by atoms with van der Waals surface area (Å²) < 4.78 is 0. The van der Waals surface area contributed by atoms with E-state index in [-0.39, 0.29) is 11.5 Å². The van der Waals surface area contributed by atoms with Gasteiger partial charge in [0, 0.05) is 11.4 Å². The molecule has 0 radical (unpaired) electrons. The summed E-state index contributed by atoms with van der Waals surface area (Å²) >= 11 is 1.41. The number of amides is 1. The molecule has 1 aromatic carbocycles. The molecule has 17 heavy (non-hydrogen) atoms. The zero-order valence-corrected chi connectivity index (χ0v) is 9.83. The number of hydrogen-bond acceptors (Lipinski definition) is 4. The van der Waals surface area contributed by atoms with Gasteiger partial charge in [-0.3, -0.25) is 4.79 Å². The molecule has 88 valence electrons. The fraction of sp³-hybridized carbons (Fsp3) is 0.167. The topological polar surface area (TPSA) is 60.4 Å². The van der Waals surface area contributed by atoms with Gasteiger partial charge in [0.2, 0.25) is 5.91 Å². The van der Waals surface area contributed by atoms with Crippen LogP contribution in [0.5, 0.6) is 0 Å². The Bertz CT molecular complexity index is 499. The van der Waals surface area contributed by atoms with Crippen molar-refractivity contribution in [3.8, 4) is 0 Å². The number of thioether (sulfide) groups is 1. The third-order valence-electron chi connectivity index (χ3n) is 2.45. The maximum absolute atomic E-state index is 11.7. The van der Waals surface area contributed by atoms with Crippen LogP contribution >= 0.6 is 11.8 Å². The van der Waals surface area contributed by atoms with Crippen LogP contribution in [-0.4, -0.2) is 24.2 Å². The molecule has 0 fully saturated rings. The van der Waals surface area contributed by atoms with Crippen molar-refractivity contribution in [2.75, 3.05) is 17.2 Å². The van der Waals surface area contributed by atoms with Crippen LogP contribution in [0, 0.1) is 0 Å². The summed E-state index contributed by atoms with van der Waals surface area (Å²) in [5.41, 5.74) is 0.695. The average molecular weight is 248 g/mol. The maximum atomic E-state index is 11.7. The van der Waals surface area contributed by atoms with Crippen molar-refractivity contribution in [2.45, 2.75) is 4.90 Å². The number of benzene rings is 1. The van der Waals surface area contributed by atoms with Crippen molar-refractivity contribution in [1.29, 1.82) is 0 Å². The number of carboxylic acids is 1. The summed E-state index contributed by atoms with van der Waals surface area (Å²) in [6, 6.07) is 4.66. The molecule has 0 saturated carbocycles. The molecular weight excluding hydrogens is 238 g/mol. The number of rotatable bonds is 3. The second kappa shape index (κ2) is 4.63. The van der Waals surface area contributed by atoms with Crippen LogP contribution in [0.25, 0.3) is 0 Å². The van der Waals surface area contributed by atoms with E-state index < -0.39 is 5.97 Å².